The van der Waals surface area contributed by atoms with Crippen molar-refractivity contribution in [2.45, 2.75) is 19.8 Å². The average Bonchev–Trinajstić information content (AvgIpc) is 2.62. The van der Waals surface area contributed by atoms with Crippen LogP contribution >= 0.6 is 0 Å². The number of carbonyl (C=O) groups is 2. The summed E-state index contributed by atoms with van der Waals surface area (Å²) in [5.41, 5.74) is 9.82. The topological polar surface area (TPSA) is 122 Å². The van der Waals surface area contributed by atoms with E-state index in [1.54, 1.807) is 6.92 Å². The molecule has 1 fully saturated rings. The predicted molar refractivity (Wildman–Crippen MR) is 56.5 cm³/mol. The summed E-state index contributed by atoms with van der Waals surface area (Å²) in [7, 11) is 0. The summed E-state index contributed by atoms with van der Waals surface area (Å²) >= 11 is 0. The summed E-state index contributed by atoms with van der Waals surface area (Å²) in [6, 6.07) is 0. The van der Waals surface area contributed by atoms with Gasteiger partial charge in [0.1, 0.15) is 5.84 Å². The quantitative estimate of drug-likeness (QED) is 0.244. The Morgan fingerprint density at radius 1 is 1.50 bits per heavy atom. The molecule has 0 aromatic carbocycles. The molecule has 1 heterocycles. The summed E-state index contributed by atoms with van der Waals surface area (Å²) < 4.78 is 0. The standard InChI is InChI=1S/C9H16N4O3/c1-9(8(11)15)2-3-13(5-9)7(14)4-6(10)12-16/h16H,2-5H2,1H3,(H2,10,12)(H2,11,15). The van der Waals surface area contributed by atoms with Crippen LogP contribution in [0, 0.1) is 5.41 Å². The molecular formula is C9H16N4O3. The van der Waals surface area contributed by atoms with Gasteiger partial charge in [-0.15, -0.1) is 0 Å². The van der Waals surface area contributed by atoms with Crippen LogP contribution in [0.1, 0.15) is 19.8 Å². The maximum atomic E-state index is 11.6. The number of hydrogen-bond acceptors (Lipinski definition) is 4. The summed E-state index contributed by atoms with van der Waals surface area (Å²) in [6.45, 7) is 2.49. The van der Waals surface area contributed by atoms with Crippen molar-refractivity contribution in [1.29, 1.82) is 0 Å². The fourth-order valence-corrected chi connectivity index (χ4v) is 1.68. The first-order chi connectivity index (χ1) is 7.39. The van der Waals surface area contributed by atoms with Crippen LogP contribution in [-0.4, -0.2) is 40.8 Å². The molecule has 5 N–H and O–H groups in total. The summed E-state index contributed by atoms with van der Waals surface area (Å²) in [6.07, 6.45) is 0.398. The Labute approximate surface area is 93.1 Å². The number of rotatable bonds is 3. The van der Waals surface area contributed by atoms with Crippen molar-refractivity contribution in [3.05, 3.63) is 0 Å². The predicted octanol–water partition coefficient (Wildman–Crippen LogP) is -1.15. The summed E-state index contributed by atoms with van der Waals surface area (Å²) in [5.74, 6) is -0.815. The molecule has 0 aromatic rings. The van der Waals surface area contributed by atoms with Crippen LogP contribution in [0.15, 0.2) is 5.16 Å². The Balaban J connectivity index is 2.60. The molecule has 1 aliphatic heterocycles. The van der Waals surface area contributed by atoms with Crippen molar-refractivity contribution < 1.29 is 14.8 Å². The van der Waals surface area contributed by atoms with Gasteiger partial charge in [-0.25, -0.2) is 0 Å². The normalized spacial score (nSPS) is 25.8. The van der Waals surface area contributed by atoms with Gasteiger partial charge < -0.3 is 21.6 Å². The third kappa shape index (κ3) is 2.41. The minimum absolute atomic E-state index is 0.141. The van der Waals surface area contributed by atoms with E-state index in [1.165, 1.54) is 4.90 Å². The van der Waals surface area contributed by atoms with Crippen molar-refractivity contribution in [2.75, 3.05) is 13.1 Å². The van der Waals surface area contributed by atoms with Crippen molar-refractivity contribution >= 4 is 17.6 Å². The maximum Gasteiger partial charge on any atom is 0.230 e. The van der Waals surface area contributed by atoms with Crippen molar-refractivity contribution in [3.8, 4) is 0 Å². The minimum atomic E-state index is -0.666. The van der Waals surface area contributed by atoms with E-state index >= 15 is 0 Å². The number of likely N-dealkylation sites (tertiary alicyclic amines) is 1. The molecule has 7 nitrogen and oxygen atoms in total. The van der Waals surface area contributed by atoms with E-state index in [9.17, 15) is 9.59 Å². The highest BCUT2D eigenvalue weighted by atomic mass is 16.4. The third-order valence-electron chi connectivity index (χ3n) is 2.88. The number of oxime groups is 1. The lowest BCUT2D eigenvalue weighted by molar-refractivity contribution is -0.130. The van der Waals surface area contributed by atoms with Gasteiger partial charge in [0, 0.05) is 13.1 Å². The smallest absolute Gasteiger partial charge is 0.230 e. The first-order valence-corrected chi connectivity index (χ1v) is 4.93. The molecule has 1 aliphatic rings. The highest BCUT2D eigenvalue weighted by Gasteiger charge is 2.40. The van der Waals surface area contributed by atoms with E-state index in [-0.39, 0.29) is 18.2 Å². The Morgan fingerprint density at radius 3 is 2.56 bits per heavy atom. The molecule has 0 bridgehead atoms. The van der Waals surface area contributed by atoms with Crippen molar-refractivity contribution in [1.82, 2.24) is 4.90 Å². The zero-order chi connectivity index (χ0) is 12.3. The summed E-state index contributed by atoms with van der Waals surface area (Å²) in [4.78, 5) is 24.3. The monoisotopic (exact) mass is 228 g/mol. The Morgan fingerprint density at radius 2 is 2.12 bits per heavy atom. The number of nitrogens with zero attached hydrogens (tertiary/aromatic N) is 2. The van der Waals surface area contributed by atoms with Crippen molar-refractivity contribution in [3.63, 3.8) is 0 Å². The minimum Gasteiger partial charge on any atom is -0.409 e. The second kappa shape index (κ2) is 4.38. The second-order valence-corrected chi connectivity index (χ2v) is 4.26. The Bertz CT molecular complexity index is 342. The molecule has 0 radical (unpaired) electrons. The molecule has 2 amide bonds. The number of primary amides is 1. The molecule has 0 saturated carbocycles. The zero-order valence-corrected chi connectivity index (χ0v) is 9.14. The van der Waals surface area contributed by atoms with Gasteiger partial charge in [-0.3, -0.25) is 9.59 Å². The van der Waals surface area contributed by atoms with Gasteiger partial charge in [0.15, 0.2) is 0 Å². The molecule has 1 unspecified atom stereocenters. The first-order valence-electron chi connectivity index (χ1n) is 4.93. The molecule has 90 valence electrons. The van der Waals surface area contributed by atoms with Crippen LogP contribution in [0.2, 0.25) is 0 Å². The maximum absolute atomic E-state index is 11.6. The van der Waals surface area contributed by atoms with Gasteiger partial charge in [-0.1, -0.05) is 5.16 Å². The lowest BCUT2D eigenvalue weighted by atomic mass is 9.89. The van der Waals surface area contributed by atoms with E-state index in [0.717, 1.165) is 0 Å². The van der Waals surface area contributed by atoms with Gasteiger partial charge >= 0.3 is 0 Å². The van der Waals surface area contributed by atoms with E-state index in [2.05, 4.69) is 5.16 Å². The van der Waals surface area contributed by atoms with Gasteiger partial charge in [-0.05, 0) is 13.3 Å². The Kier molecular flexibility index (Phi) is 3.36. The largest absolute Gasteiger partial charge is 0.409 e. The van der Waals surface area contributed by atoms with Gasteiger partial charge in [0.05, 0.1) is 11.8 Å². The highest BCUT2D eigenvalue weighted by Crippen LogP contribution is 2.29. The zero-order valence-electron chi connectivity index (χ0n) is 9.14. The molecule has 16 heavy (non-hydrogen) atoms. The second-order valence-electron chi connectivity index (χ2n) is 4.26. The van der Waals surface area contributed by atoms with Gasteiger partial charge in [0.25, 0.3) is 0 Å². The fourth-order valence-electron chi connectivity index (χ4n) is 1.68. The number of amides is 2. The van der Waals surface area contributed by atoms with Crippen LogP contribution in [0.4, 0.5) is 0 Å². The molecule has 1 atom stereocenters. The Hall–Kier alpha value is -1.79. The van der Waals surface area contributed by atoms with Crippen LogP contribution in [0.25, 0.3) is 0 Å². The molecule has 0 spiro atoms. The average molecular weight is 228 g/mol. The third-order valence-corrected chi connectivity index (χ3v) is 2.88. The van der Waals surface area contributed by atoms with Crippen molar-refractivity contribution in [2.24, 2.45) is 22.0 Å². The van der Waals surface area contributed by atoms with Crippen LogP contribution in [-0.2, 0) is 9.59 Å². The number of nitrogens with two attached hydrogens (primary N) is 2. The van der Waals surface area contributed by atoms with Gasteiger partial charge in [-0.2, -0.15) is 0 Å². The molecule has 1 rings (SSSR count). The fraction of sp³-hybridized carbons (Fsp3) is 0.667. The molecule has 7 heteroatoms. The van der Waals surface area contributed by atoms with Crippen LogP contribution in [0.5, 0.6) is 0 Å². The molecule has 0 aromatic heterocycles. The molecule has 1 saturated heterocycles. The number of carbonyl (C=O) groups excluding carboxylic acids is 2. The molecule has 0 aliphatic carbocycles. The lowest BCUT2D eigenvalue weighted by Gasteiger charge is -2.20. The SMILES string of the molecule is CC1(C(N)=O)CCN(C(=O)CC(N)=NO)C1. The lowest BCUT2D eigenvalue weighted by Crippen LogP contribution is -2.39. The van der Waals surface area contributed by atoms with Crippen LogP contribution < -0.4 is 11.5 Å². The number of amidine groups is 1. The van der Waals surface area contributed by atoms with E-state index in [4.69, 9.17) is 16.7 Å². The van der Waals surface area contributed by atoms with E-state index in [0.29, 0.717) is 19.5 Å². The molecular weight excluding hydrogens is 212 g/mol. The van der Waals surface area contributed by atoms with E-state index in [1.807, 2.05) is 0 Å². The highest BCUT2D eigenvalue weighted by molar-refractivity contribution is 5.99. The van der Waals surface area contributed by atoms with Crippen LogP contribution in [0.3, 0.4) is 0 Å². The summed E-state index contributed by atoms with van der Waals surface area (Å²) in [5, 5.41) is 11.1. The van der Waals surface area contributed by atoms with E-state index < -0.39 is 11.3 Å². The van der Waals surface area contributed by atoms with Gasteiger partial charge in [0.2, 0.25) is 11.8 Å². The first kappa shape index (κ1) is 12.3. The number of hydrogen-bond donors (Lipinski definition) is 3.